The van der Waals surface area contributed by atoms with Gasteiger partial charge in [-0.2, -0.15) is 0 Å². The second kappa shape index (κ2) is 6.07. The number of benzene rings is 2. The van der Waals surface area contributed by atoms with Gasteiger partial charge in [0.25, 0.3) is 5.91 Å². The van der Waals surface area contributed by atoms with Crippen molar-refractivity contribution < 1.29 is 4.79 Å². The number of carbonyl (C=O) groups excluding carboxylic acids is 1. The van der Waals surface area contributed by atoms with E-state index in [-0.39, 0.29) is 5.91 Å². The van der Waals surface area contributed by atoms with Crippen LogP contribution in [0.5, 0.6) is 0 Å². The van der Waals surface area contributed by atoms with Gasteiger partial charge in [-0.3, -0.25) is 4.79 Å². The molecule has 3 heteroatoms. The van der Waals surface area contributed by atoms with Crippen molar-refractivity contribution in [1.29, 1.82) is 0 Å². The molecule has 0 aromatic heterocycles. The molecule has 23 heavy (non-hydrogen) atoms. The molecule has 2 aliphatic rings. The summed E-state index contributed by atoms with van der Waals surface area (Å²) in [6.45, 7) is 3.89. The molecule has 2 aromatic carbocycles. The lowest BCUT2D eigenvalue weighted by Crippen LogP contribution is -2.36. The Kier molecular flexibility index (Phi) is 3.78. The molecule has 0 aliphatic carbocycles. The smallest absolute Gasteiger partial charge is 0.254 e. The van der Waals surface area contributed by atoms with Crippen LogP contribution in [0.2, 0.25) is 0 Å². The molecule has 0 unspecified atom stereocenters. The second-order valence-electron chi connectivity index (χ2n) is 6.49. The molecule has 2 aromatic rings. The molecule has 118 valence electrons. The van der Waals surface area contributed by atoms with Crippen molar-refractivity contribution in [3.63, 3.8) is 0 Å². The zero-order valence-electron chi connectivity index (χ0n) is 13.4. The van der Waals surface area contributed by atoms with Gasteiger partial charge in [-0.1, -0.05) is 24.3 Å². The number of amides is 1. The summed E-state index contributed by atoms with van der Waals surface area (Å²) >= 11 is 0. The normalized spacial score (nSPS) is 17.2. The Morgan fingerprint density at radius 3 is 2.43 bits per heavy atom. The lowest BCUT2D eigenvalue weighted by molar-refractivity contribution is 0.0735. The van der Waals surface area contributed by atoms with Gasteiger partial charge in [0.15, 0.2) is 0 Å². The third-order valence-corrected chi connectivity index (χ3v) is 4.98. The largest absolute Gasteiger partial charge is 0.372 e. The van der Waals surface area contributed by atoms with Crippen molar-refractivity contribution in [2.24, 2.45) is 0 Å². The number of carbonyl (C=O) groups is 1. The van der Waals surface area contributed by atoms with Crippen LogP contribution in [0.1, 0.15) is 34.3 Å². The highest BCUT2D eigenvalue weighted by atomic mass is 16.2. The number of hydrogen-bond donors (Lipinski definition) is 0. The third-order valence-electron chi connectivity index (χ3n) is 4.98. The Balaban J connectivity index is 1.52. The SMILES string of the molecule is O=C(c1ccccc1)N1CCc2cc(N3CCCC3)ccc2C1. The summed E-state index contributed by atoms with van der Waals surface area (Å²) in [7, 11) is 0. The first-order chi connectivity index (χ1) is 11.3. The van der Waals surface area contributed by atoms with Gasteiger partial charge in [-0.05, 0) is 54.7 Å². The number of anilines is 1. The predicted molar refractivity (Wildman–Crippen MR) is 92.8 cm³/mol. The van der Waals surface area contributed by atoms with Gasteiger partial charge >= 0.3 is 0 Å². The number of fused-ring (bicyclic) bond motifs is 1. The van der Waals surface area contributed by atoms with Crippen LogP contribution in [0.4, 0.5) is 5.69 Å². The first kappa shape index (κ1) is 14.3. The van der Waals surface area contributed by atoms with Crippen molar-refractivity contribution in [3.8, 4) is 0 Å². The number of rotatable bonds is 2. The molecular formula is C20H22N2O. The highest BCUT2D eigenvalue weighted by Crippen LogP contribution is 2.27. The van der Waals surface area contributed by atoms with Crippen LogP contribution in [-0.4, -0.2) is 30.4 Å². The molecule has 3 nitrogen and oxygen atoms in total. The molecule has 0 saturated carbocycles. The van der Waals surface area contributed by atoms with E-state index < -0.39 is 0 Å². The summed E-state index contributed by atoms with van der Waals surface area (Å²) in [5.41, 5.74) is 4.84. The van der Waals surface area contributed by atoms with Gasteiger partial charge in [-0.25, -0.2) is 0 Å². The Labute approximate surface area is 137 Å². The van der Waals surface area contributed by atoms with Gasteiger partial charge < -0.3 is 9.80 Å². The second-order valence-corrected chi connectivity index (χ2v) is 6.49. The van der Waals surface area contributed by atoms with Crippen LogP contribution in [0.3, 0.4) is 0 Å². The van der Waals surface area contributed by atoms with Gasteiger partial charge in [0, 0.05) is 37.4 Å². The maximum atomic E-state index is 12.6. The number of hydrogen-bond acceptors (Lipinski definition) is 2. The molecule has 0 spiro atoms. The standard InChI is InChI=1S/C20H22N2O/c23-20(16-6-2-1-3-7-16)22-13-10-17-14-19(9-8-18(17)15-22)21-11-4-5-12-21/h1-3,6-9,14H,4-5,10-13,15H2. The monoisotopic (exact) mass is 306 g/mol. The molecule has 0 bridgehead atoms. The lowest BCUT2D eigenvalue weighted by Gasteiger charge is -2.30. The Morgan fingerprint density at radius 1 is 0.870 bits per heavy atom. The van der Waals surface area contributed by atoms with Gasteiger partial charge in [0.1, 0.15) is 0 Å². The Morgan fingerprint density at radius 2 is 1.65 bits per heavy atom. The summed E-state index contributed by atoms with van der Waals surface area (Å²) in [6, 6.07) is 16.4. The predicted octanol–water partition coefficient (Wildman–Crippen LogP) is 3.49. The van der Waals surface area contributed by atoms with Crippen molar-refractivity contribution in [2.45, 2.75) is 25.8 Å². The van der Waals surface area contributed by atoms with Gasteiger partial charge in [0.2, 0.25) is 0 Å². The average Bonchev–Trinajstić information content (AvgIpc) is 3.15. The van der Waals surface area contributed by atoms with Crippen LogP contribution in [0.25, 0.3) is 0 Å². The average molecular weight is 306 g/mol. The quantitative estimate of drug-likeness (QED) is 0.848. The molecular weight excluding hydrogens is 284 g/mol. The molecule has 1 saturated heterocycles. The van der Waals surface area contributed by atoms with Crippen LogP contribution in [0.15, 0.2) is 48.5 Å². The highest BCUT2D eigenvalue weighted by molar-refractivity contribution is 5.94. The van der Waals surface area contributed by atoms with E-state index in [1.54, 1.807) is 0 Å². The lowest BCUT2D eigenvalue weighted by atomic mass is 9.98. The molecule has 0 N–H and O–H groups in total. The first-order valence-electron chi connectivity index (χ1n) is 8.52. The molecule has 1 amide bonds. The summed E-state index contributed by atoms with van der Waals surface area (Å²) in [6.07, 6.45) is 3.56. The minimum atomic E-state index is 0.139. The zero-order valence-corrected chi connectivity index (χ0v) is 13.4. The number of nitrogens with zero attached hydrogens (tertiary/aromatic N) is 2. The van der Waals surface area contributed by atoms with E-state index in [4.69, 9.17) is 0 Å². The Bertz CT molecular complexity index is 705. The molecule has 0 atom stereocenters. The minimum absolute atomic E-state index is 0.139. The Hall–Kier alpha value is -2.29. The molecule has 4 rings (SSSR count). The van der Waals surface area contributed by atoms with Crippen LogP contribution in [0, 0.1) is 0 Å². The van der Waals surface area contributed by atoms with E-state index in [0.717, 1.165) is 25.1 Å². The molecule has 0 radical (unpaired) electrons. The van der Waals surface area contributed by atoms with E-state index in [0.29, 0.717) is 0 Å². The van der Waals surface area contributed by atoms with E-state index >= 15 is 0 Å². The minimum Gasteiger partial charge on any atom is -0.372 e. The maximum Gasteiger partial charge on any atom is 0.254 e. The van der Waals surface area contributed by atoms with Crippen molar-refractivity contribution in [3.05, 3.63) is 65.2 Å². The highest BCUT2D eigenvalue weighted by Gasteiger charge is 2.22. The molecule has 1 fully saturated rings. The summed E-state index contributed by atoms with van der Waals surface area (Å²) in [5.74, 6) is 0.139. The maximum absolute atomic E-state index is 12.6. The first-order valence-corrected chi connectivity index (χ1v) is 8.52. The topological polar surface area (TPSA) is 23.6 Å². The fraction of sp³-hybridized carbons (Fsp3) is 0.350. The van der Waals surface area contributed by atoms with Crippen LogP contribution in [-0.2, 0) is 13.0 Å². The van der Waals surface area contributed by atoms with Crippen molar-refractivity contribution >= 4 is 11.6 Å². The van der Waals surface area contributed by atoms with Crippen LogP contribution < -0.4 is 4.90 Å². The zero-order chi connectivity index (χ0) is 15.6. The summed E-state index contributed by atoms with van der Waals surface area (Å²) in [5, 5.41) is 0. The fourth-order valence-electron chi connectivity index (χ4n) is 3.65. The van der Waals surface area contributed by atoms with E-state index in [1.807, 2.05) is 35.2 Å². The van der Waals surface area contributed by atoms with Crippen molar-refractivity contribution in [1.82, 2.24) is 4.90 Å². The third kappa shape index (κ3) is 2.83. The molecule has 2 heterocycles. The molecule has 2 aliphatic heterocycles. The van der Waals surface area contributed by atoms with E-state index in [2.05, 4.69) is 23.1 Å². The van der Waals surface area contributed by atoms with Crippen molar-refractivity contribution in [2.75, 3.05) is 24.5 Å². The van der Waals surface area contributed by atoms with E-state index in [1.165, 1.54) is 42.7 Å². The van der Waals surface area contributed by atoms with Crippen LogP contribution >= 0.6 is 0 Å². The fourth-order valence-corrected chi connectivity index (χ4v) is 3.65. The summed E-state index contributed by atoms with van der Waals surface area (Å²) < 4.78 is 0. The summed E-state index contributed by atoms with van der Waals surface area (Å²) in [4.78, 5) is 17.0. The van der Waals surface area contributed by atoms with Gasteiger partial charge in [-0.15, -0.1) is 0 Å². The van der Waals surface area contributed by atoms with E-state index in [9.17, 15) is 4.79 Å². The van der Waals surface area contributed by atoms with Gasteiger partial charge in [0.05, 0.1) is 0 Å².